The second-order valence-corrected chi connectivity index (χ2v) is 6.88. The normalized spacial score (nSPS) is 10.5. The molecule has 0 saturated heterocycles. The third kappa shape index (κ3) is 7.52. The largest absolute Gasteiger partial charge is 0.494 e. The highest BCUT2D eigenvalue weighted by Crippen LogP contribution is 2.13. The van der Waals surface area contributed by atoms with Gasteiger partial charge in [0.05, 0.1) is 18.8 Å². The summed E-state index contributed by atoms with van der Waals surface area (Å²) in [7, 11) is 0. The number of nitrogens with one attached hydrogen (secondary N) is 1. The summed E-state index contributed by atoms with van der Waals surface area (Å²) in [6, 6.07) is 14.5. The minimum Gasteiger partial charge on any atom is -0.494 e. The maximum atomic E-state index is 12.0. The number of amides is 1. The quantitative estimate of drug-likeness (QED) is 0.518. The van der Waals surface area contributed by atoms with E-state index >= 15 is 0 Å². The van der Waals surface area contributed by atoms with Crippen LogP contribution in [0.4, 0.5) is 5.69 Å². The van der Waals surface area contributed by atoms with Gasteiger partial charge in [0, 0.05) is 12.1 Å². The van der Waals surface area contributed by atoms with Crippen LogP contribution < -0.4 is 10.1 Å². The minimum absolute atomic E-state index is 0.0855. The summed E-state index contributed by atoms with van der Waals surface area (Å²) in [6.45, 7) is 6.86. The fraction of sp³-hybridized carbons (Fsp3) is 0.364. The van der Waals surface area contributed by atoms with Crippen molar-refractivity contribution in [2.45, 2.75) is 33.6 Å². The minimum atomic E-state index is -0.352. The van der Waals surface area contributed by atoms with Crippen LogP contribution in [0.2, 0.25) is 0 Å². The first-order valence-electron chi connectivity index (χ1n) is 9.20. The number of anilines is 1. The first-order valence-corrected chi connectivity index (χ1v) is 9.20. The van der Waals surface area contributed by atoms with Gasteiger partial charge in [-0.1, -0.05) is 31.5 Å². The molecule has 1 amide bonds. The lowest BCUT2D eigenvalue weighted by Gasteiger charge is -2.09. The number of ether oxygens (including phenoxy) is 2. The number of rotatable bonds is 9. The third-order valence-electron chi connectivity index (χ3n) is 3.79. The van der Waals surface area contributed by atoms with E-state index in [2.05, 4.69) is 5.32 Å². The summed E-state index contributed by atoms with van der Waals surface area (Å²) >= 11 is 0. The van der Waals surface area contributed by atoms with E-state index < -0.39 is 0 Å². The Morgan fingerprint density at radius 3 is 2.30 bits per heavy atom. The van der Waals surface area contributed by atoms with Gasteiger partial charge >= 0.3 is 5.97 Å². The van der Waals surface area contributed by atoms with Gasteiger partial charge in [0.1, 0.15) is 5.75 Å². The van der Waals surface area contributed by atoms with E-state index in [1.165, 1.54) is 5.56 Å². The first-order chi connectivity index (χ1) is 12.9. The van der Waals surface area contributed by atoms with Gasteiger partial charge in [-0.25, -0.2) is 4.79 Å². The molecule has 0 aliphatic carbocycles. The van der Waals surface area contributed by atoms with Crippen molar-refractivity contribution < 1.29 is 19.1 Å². The van der Waals surface area contributed by atoms with Crippen LogP contribution in [0.1, 0.15) is 42.6 Å². The van der Waals surface area contributed by atoms with Gasteiger partial charge < -0.3 is 14.8 Å². The maximum absolute atomic E-state index is 12.0. The lowest BCUT2D eigenvalue weighted by atomic mass is 10.2. The van der Waals surface area contributed by atoms with E-state index in [1.807, 2.05) is 45.0 Å². The van der Waals surface area contributed by atoms with Crippen molar-refractivity contribution in [3.05, 3.63) is 59.7 Å². The topological polar surface area (TPSA) is 64.6 Å². The summed E-state index contributed by atoms with van der Waals surface area (Å²) in [5.41, 5.74) is 2.31. The van der Waals surface area contributed by atoms with Crippen LogP contribution in [-0.2, 0) is 9.53 Å². The Morgan fingerprint density at radius 2 is 1.67 bits per heavy atom. The van der Waals surface area contributed by atoms with E-state index in [0.717, 1.165) is 5.75 Å². The van der Waals surface area contributed by atoms with Crippen LogP contribution in [-0.4, -0.2) is 25.1 Å². The van der Waals surface area contributed by atoms with Crippen LogP contribution in [0.5, 0.6) is 5.75 Å². The number of hydrogen-bond donors (Lipinski definition) is 1. The third-order valence-corrected chi connectivity index (χ3v) is 3.79. The Balaban J connectivity index is 1.70. The summed E-state index contributed by atoms with van der Waals surface area (Å²) in [4.78, 5) is 23.9. The van der Waals surface area contributed by atoms with E-state index in [9.17, 15) is 9.59 Å². The van der Waals surface area contributed by atoms with Crippen LogP contribution in [0.25, 0.3) is 0 Å². The lowest BCUT2D eigenvalue weighted by molar-refractivity contribution is -0.116. The molecule has 144 valence electrons. The second-order valence-electron chi connectivity index (χ2n) is 6.88. The SMILES string of the molecule is Cc1ccc(OCCCC(=O)Nc2ccc(C(=O)OCC(C)C)cc2)cc1. The zero-order valence-corrected chi connectivity index (χ0v) is 16.2. The summed E-state index contributed by atoms with van der Waals surface area (Å²) in [5, 5.41) is 2.82. The van der Waals surface area contributed by atoms with Gasteiger partial charge in [-0.15, -0.1) is 0 Å². The number of carbonyl (C=O) groups excluding carboxylic acids is 2. The molecule has 0 aliphatic rings. The van der Waals surface area contributed by atoms with E-state index in [1.54, 1.807) is 24.3 Å². The molecule has 5 nitrogen and oxygen atoms in total. The molecule has 0 aliphatic heterocycles. The zero-order chi connectivity index (χ0) is 19.6. The number of hydrogen-bond acceptors (Lipinski definition) is 4. The number of esters is 1. The molecule has 0 saturated carbocycles. The summed E-state index contributed by atoms with van der Waals surface area (Å²) in [6.07, 6.45) is 0.989. The molecule has 0 unspecified atom stereocenters. The van der Waals surface area contributed by atoms with E-state index in [0.29, 0.717) is 43.2 Å². The van der Waals surface area contributed by atoms with Crippen molar-refractivity contribution in [3.8, 4) is 5.75 Å². The van der Waals surface area contributed by atoms with Crippen molar-refractivity contribution in [3.63, 3.8) is 0 Å². The van der Waals surface area contributed by atoms with E-state index in [4.69, 9.17) is 9.47 Å². The van der Waals surface area contributed by atoms with Gasteiger partial charge in [0.2, 0.25) is 5.91 Å². The second kappa shape index (κ2) is 10.4. The molecule has 0 spiro atoms. The van der Waals surface area contributed by atoms with Crippen LogP contribution in [0.15, 0.2) is 48.5 Å². The monoisotopic (exact) mass is 369 g/mol. The Hall–Kier alpha value is -2.82. The van der Waals surface area contributed by atoms with Gasteiger partial charge in [-0.3, -0.25) is 4.79 Å². The molecule has 0 fully saturated rings. The Bertz CT molecular complexity index is 736. The Morgan fingerprint density at radius 1 is 1.00 bits per heavy atom. The Kier molecular flexibility index (Phi) is 7.86. The molecule has 2 rings (SSSR count). The van der Waals surface area contributed by atoms with Crippen molar-refractivity contribution in [2.75, 3.05) is 18.5 Å². The fourth-order valence-electron chi connectivity index (χ4n) is 2.30. The Labute approximate surface area is 160 Å². The first kappa shape index (κ1) is 20.5. The molecular formula is C22H27NO4. The summed E-state index contributed by atoms with van der Waals surface area (Å²) in [5.74, 6) is 0.663. The molecule has 0 heterocycles. The average molecular weight is 369 g/mol. The molecule has 5 heteroatoms. The predicted molar refractivity (Wildman–Crippen MR) is 106 cm³/mol. The highest BCUT2D eigenvalue weighted by molar-refractivity contribution is 5.93. The van der Waals surface area contributed by atoms with Crippen molar-refractivity contribution in [1.82, 2.24) is 0 Å². The maximum Gasteiger partial charge on any atom is 0.338 e. The van der Waals surface area contributed by atoms with Gasteiger partial charge in [-0.05, 0) is 55.7 Å². The molecule has 0 aromatic heterocycles. The summed E-state index contributed by atoms with van der Waals surface area (Å²) < 4.78 is 10.8. The van der Waals surface area contributed by atoms with Crippen molar-refractivity contribution in [2.24, 2.45) is 5.92 Å². The van der Waals surface area contributed by atoms with E-state index in [-0.39, 0.29) is 11.9 Å². The lowest BCUT2D eigenvalue weighted by Crippen LogP contribution is -2.13. The molecule has 0 bridgehead atoms. The van der Waals surface area contributed by atoms with Crippen LogP contribution in [0, 0.1) is 12.8 Å². The highest BCUT2D eigenvalue weighted by atomic mass is 16.5. The smallest absolute Gasteiger partial charge is 0.338 e. The van der Waals surface area contributed by atoms with Crippen LogP contribution >= 0.6 is 0 Å². The molecule has 2 aromatic carbocycles. The van der Waals surface area contributed by atoms with Gasteiger partial charge in [0.25, 0.3) is 0 Å². The molecule has 0 radical (unpaired) electrons. The molecule has 27 heavy (non-hydrogen) atoms. The number of benzene rings is 2. The highest BCUT2D eigenvalue weighted by Gasteiger charge is 2.09. The predicted octanol–water partition coefficient (Wildman–Crippen LogP) is 4.61. The number of aryl methyl sites for hydroxylation is 1. The molecule has 1 N–H and O–H groups in total. The number of carbonyl (C=O) groups is 2. The molecule has 2 aromatic rings. The van der Waals surface area contributed by atoms with Gasteiger partial charge in [0.15, 0.2) is 0 Å². The van der Waals surface area contributed by atoms with Gasteiger partial charge in [-0.2, -0.15) is 0 Å². The van der Waals surface area contributed by atoms with Crippen LogP contribution in [0.3, 0.4) is 0 Å². The molecular weight excluding hydrogens is 342 g/mol. The van der Waals surface area contributed by atoms with Crippen molar-refractivity contribution in [1.29, 1.82) is 0 Å². The average Bonchev–Trinajstić information content (AvgIpc) is 2.65. The molecule has 0 atom stereocenters. The fourth-order valence-corrected chi connectivity index (χ4v) is 2.30. The standard InChI is InChI=1S/C22H27NO4/c1-16(2)15-27-22(25)18-8-10-19(11-9-18)23-21(24)5-4-14-26-20-12-6-17(3)7-13-20/h6-13,16H,4-5,14-15H2,1-3H3,(H,23,24). The zero-order valence-electron chi connectivity index (χ0n) is 16.2. The van der Waals surface area contributed by atoms with Crippen molar-refractivity contribution >= 4 is 17.6 Å².